The highest BCUT2D eigenvalue weighted by Crippen LogP contribution is 2.28. The van der Waals surface area contributed by atoms with Crippen LogP contribution >= 0.6 is 15.9 Å². The van der Waals surface area contributed by atoms with Crippen molar-refractivity contribution in [2.24, 2.45) is 0 Å². The topological polar surface area (TPSA) is 33.0 Å². The van der Waals surface area contributed by atoms with Crippen molar-refractivity contribution in [2.45, 2.75) is 31.7 Å². The molecule has 1 aromatic rings. The summed E-state index contributed by atoms with van der Waals surface area (Å²) >= 11 is 3.39. The maximum atomic E-state index is 8.99. The van der Waals surface area contributed by atoms with E-state index in [4.69, 9.17) is 10.00 Å². The molecule has 0 amide bonds. The Kier molecular flexibility index (Phi) is 3.76. The number of hydrogen-bond donors (Lipinski definition) is 0. The molecule has 0 aliphatic rings. The third-order valence-electron chi connectivity index (χ3n) is 1.77. The highest BCUT2D eigenvalue weighted by atomic mass is 79.9. The van der Waals surface area contributed by atoms with E-state index in [9.17, 15) is 0 Å². The second-order valence-corrected chi connectivity index (χ2v) is 4.81. The zero-order chi connectivity index (χ0) is 11.5. The molecule has 0 heterocycles. The predicted octanol–water partition coefficient (Wildman–Crippen LogP) is 3.63. The van der Waals surface area contributed by atoms with E-state index >= 15 is 0 Å². The van der Waals surface area contributed by atoms with Crippen LogP contribution in [0.5, 0.6) is 5.75 Å². The van der Waals surface area contributed by atoms with Crippen LogP contribution in [-0.4, -0.2) is 5.60 Å². The predicted molar refractivity (Wildman–Crippen MR) is 64.2 cm³/mol. The van der Waals surface area contributed by atoms with E-state index < -0.39 is 0 Å². The second kappa shape index (κ2) is 4.67. The van der Waals surface area contributed by atoms with Crippen molar-refractivity contribution in [1.29, 1.82) is 5.26 Å². The first-order valence-electron chi connectivity index (χ1n) is 4.75. The summed E-state index contributed by atoms with van der Waals surface area (Å²) in [6, 6.07) is 7.74. The van der Waals surface area contributed by atoms with E-state index in [-0.39, 0.29) is 5.60 Å². The largest absolute Gasteiger partial charge is 0.486 e. The fourth-order valence-corrected chi connectivity index (χ4v) is 1.65. The summed E-state index contributed by atoms with van der Waals surface area (Å²) < 4.78 is 5.79. The minimum Gasteiger partial charge on any atom is -0.486 e. The maximum absolute atomic E-state index is 8.99. The molecular formula is C12H14BrNO. The number of para-hydroxylation sites is 1. The summed E-state index contributed by atoms with van der Waals surface area (Å²) in [5.74, 6) is 0.685. The summed E-state index contributed by atoms with van der Waals surface area (Å²) in [6.07, 6.45) is 0. The number of halogens is 1. The van der Waals surface area contributed by atoms with Crippen LogP contribution in [0.4, 0.5) is 0 Å². The van der Waals surface area contributed by atoms with Crippen LogP contribution in [0.15, 0.2) is 18.2 Å². The molecule has 1 aromatic carbocycles. The maximum Gasteiger partial charge on any atom is 0.141 e. The molecule has 3 heteroatoms. The van der Waals surface area contributed by atoms with Gasteiger partial charge in [0.15, 0.2) is 0 Å². The molecule has 0 spiro atoms. The lowest BCUT2D eigenvalue weighted by molar-refractivity contribution is 0.129. The minimum absolute atomic E-state index is 0.288. The highest BCUT2D eigenvalue weighted by molar-refractivity contribution is 9.08. The van der Waals surface area contributed by atoms with E-state index in [1.165, 1.54) is 0 Å². The summed E-state index contributed by atoms with van der Waals surface area (Å²) in [5, 5.41) is 9.68. The lowest BCUT2D eigenvalue weighted by Gasteiger charge is -2.23. The summed E-state index contributed by atoms with van der Waals surface area (Å²) in [7, 11) is 0. The van der Waals surface area contributed by atoms with Gasteiger partial charge in [0, 0.05) is 10.9 Å². The number of hydrogen-bond acceptors (Lipinski definition) is 2. The minimum atomic E-state index is -0.288. The fraction of sp³-hybridized carbons (Fsp3) is 0.417. The monoisotopic (exact) mass is 267 g/mol. The first-order chi connectivity index (χ1) is 6.98. The highest BCUT2D eigenvalue weighted by Gasteiger charge is 2.17. The van der Waals surface area contributed by atoms with E-state index in [2.05, 4.69) is 22.0 Å². The molecular weight excluding hydrogens is 254 g/mol. The number of alkyl halides is 1. The van der Waals surface area contributed by atoms with Crippen molar-refractivity contribution < 1.29 is 4.74 Å². The quantitative estimate of drug-likeness (QED) is 0.767. The van der Waals surface area contributed by atoms with Crippen molar-refractivity contribution >= 4 is 15.9 Å². The third kappa shape index (κ3) is 3.24. The number of nitrogens with zero attached hydrogens (tertiary/aromatic N) is 1. The second-order valence-electron chi connectivity index (χ2n) is 4.25. The Morgan fingerprint density at radius 3 is 2.53 bits per heavy atom. The van der Waals surface area contributed by atoms with E-state index in [1.807, 2.05) is 32.9 Å². The number of nitriles is 1. The summed E-state index contributed by atoms with van der Waals surface area (Å²) in [4.78, 5) is 0. The Labute approximate surface area is 99.0 Å². The van der Waals surface area contributed by atoms with Crippen molar-refractivity contribution in [3.8, 4) is 11.8 Å². The van der Waals surface area contributed by atoms with Crippen LogP contribution in [0.2, 0.25) is 0 Å². The Hall–Kier alpha value is -1.01. The van der Waals surface area contributed by atoms with Gasteiger partial charge in [-0.15, -0.1) is 0 Å². The average Bonchev–Trinajstić information content (AvgIpc) is 2.16. The van der Waals surface area contributed by atoms with Crippen molar-refractivity contribution in [2.75, 3.05) is 0 Å². The number of rotatable bonds is 2. The van der Waals surface area contributed by atoms with Gasteiger partial charge in [-0.1, -0.05) is 28.1 Å². The Morgan fingerprint density at radius 1 is 1.40 bits per heavy atom. The van der Waals surface area contributed by atoms with Gasteiger partial charge in [-0.05, 0) is 26.8 Å². The zero-order valence-corrected chi connectivity index (χ0v) is 10.8. The Bertz CT molecular complexity index is 388. The molecule has 0 unspecified atom stereocenters. The van der Waals surface area contributed by atoms with Crippen LogP contribution in [-0.2, 0) is 5.33 Å². The average molecular weight is 268 g/mol. The molecule has 0 aromatic heterocycles. The van der Waals surface area contributed by atoms with Crippen molar-refractivity contribution in [1.82, 2.24) is 0 Å². The third-order valence-corrected chi connectivity index (χ3v) is 2.37. The van der Waals surface area contributed by atoms with E-state index in [1.54, 1.807) is 6.07 Å². The molecule has 0 aliphatic heterocycles. The number of ether oxygens (including phenoxy) is 1. The molecule has 0 aliphatic carbocycles. The molecule has 0 saturated heterocycles. The zero-order valence-electron chi connectivity index (χ0n) is 9.17. The lowest BCUT2D eigenvalue weighted by atomic mass is 10.1. The molecule has 0 N–H and O–H groups in total. The SMILES string of the molecule is CC(C)(C)Oc1c(C#N)cccc1CBr. The van der Waals surface area contributed by atoms with Crippen LogP contribution < -0.4 is 4.74 Å². The van der Waals surface area contributed by atoms with Gasteiger partial charge in [-0.25, -0.2) is 0 Å². The first-order valence-corrected chi connectivity index (χ1v) is 5.87. The smallest absolute Gasteiger partial charge is 0.141 e. The molecule has 0 saturated carbocycles. The van der Waals surface area contributed by atoms with Gasteiger partial charge in [0.2, 0.25) is 0 Å². The van der Waals surface area contributed by atoms with Gasteiger partial charge in [-0.3, -0.25) is 0 Å². The standard InChI is InChI=1S/C12H14BrNO/c1-12(2,3)15-11-9(7-13)5-4-6-10(11)8-14/h4-6H,7H2,1-3H3. The molecule has 0 fully saturated rings. The summed E-state index contributed by atoms with van der Waals surface area (Å²) in [6.45, 7) is 5.91. The van der Waals surface area contributed by atoms with Gasteiger partial charge in [-0.2, -0.15) is 5.26 Å². The Balaban J connectivity index is 3.18. The first kappa shape index (κ1) is 12.1. The normalized spacial score (nSPS) is 10.9. The Morgan fingerprint density at radius 2 is 2.07 bits per heavy atom. The van der Waals surface area contributed by atoms with Gasteiger partial charge in [0.05, 0.1) is 5.56 Å². The lowest BCUT2D eigenvalue weighted by Crippen LogP contribution is -2.24. The van der Waals surface area contributed by atoms with Gasteiger partial charge in [0.1, 0.15) is 17.4 Å². The van der Waals surface area contributed by atoms with E-state index in [0.29, 0.717) is 16.6 Å². The van der Waals surface area contributed by atoms with Crippen LogP contribution in [0.3, 0.4) is 0 Å². The molecule has 15 heavy (non-hydrogen) atoms. The molecule has 0 bridgehead atoms. The van der Waals surface area contributed by atoms with Crippen molar-refractivity contribution in [3.63, 3.8) is 0 Å². The molecule has 2 nitrogen and oxygen atoms in total. The molecule has 1 rings (SSSR count). The van der Waals surface area contributed by atoms with Crippen molar-refractivity contribution in [3.05, 3.63) is 29.3 Å². The van der Waals surface area contributed by atoms with Gasteiger partial charge < -0.3 is 4.74 Å². The fourth-order valence-electron chi connectivity index (χ4n) is 1.20. The molecule has 0 atom stereocenters. The van der Waals surface area contributed by atoms with Gasteiger partial charge >= 0.3 is 0 Å². The number of benzene rings is 1. The molecule has 0 radical (unpaired) electrons. The summed E-state index contributed by atoms with van der Waals surface area (Å²) in [5.41, 5.74) is 1.30. The van der Waals surface area contributed by atoms with Crippen LogP contribution in [0, 0.1) is 11.3 Å². The van der Waals surface area contributed by atoms with Crippen LogP contribution in [0.25, 0.3) is 0 Å². The van der Waals surface area contributed by atoms with Gasteiger partial charge in [0.25, 0.3) is 0 Å². The van der Waals surface area contributed by atoms with E-state index in [0.717, 1.165) is 5.56 Å². The molecule has 80 valence electrons. The van der Waals surface area contributed by atoms with Crippen LogP contribution in [0.1, 0.15) is 31.9 Å².